The van der Waals surface area contributed by atoms with E-state index >= 15 is 0 Å². The van der Waals surface area contributed by atoms with E-state index in [0.717, 1.165) is 25.7 Å². The molecule has 26 heavy (non-hydrogen) atoms. The highest BCUT2D eigenvalue weighted by molar-refractivity contribution is 5.92. The lowest BCUT2D eigenvalue weighted by Crippen LogP contribution is -2.31. The van der Waals surface area contributed by atoms with Crippen molar-refractivity contribution in [1.82, 2.24) is 20.5 Å². The molecule has 1 aliphatic rings. The molecule has 1 aromatic carbocycles. The average molecular weight is 359 g/mol. The number of carbonyl (C=O) groups excluding carboxylic acids is 2. The minimum absolute atomic E-state index is 0.0149. The molecule has 1 saturated carbocycles. The van der Waals surface area contributed by atoms with Crippen molar-refractivity contribution in [2.24, 2.45) is 0 Å². The highest BCUT2D eigenvalue weighted by atomic mass is 16.5. The van der Waals surface area contributed by atoms with Gasteiger partial charge in [-0.1, -0.05) is 0 Å². The number of nitrogens with zero attached hydrogens (tertiary/aromatic N) is 1. The van der Waals surface area contributed by atoms with Gasteiger partial charge in [-0.2, -0.15) is 5.10 Å². The number of aromatic nitrogens is 3. The van der Waals surface area contributed by atoms with Crippen LogP contribution >= 0.6 is 0 Å². The predicted octanol–water partition coefficient (Wildman–Crippen LogP) is 2.08. The molecule has 2 aromatic rings. The molecular weight excluding hydrogens is 338 g/mol. The number of amides is 2. The monoisotopic (exact) mass is 359 g/mol. The molecule has 9 heteroatoms. The maximum atomic E-state index is 12.1. The molecule has 2 amide bonds. The third kappa shape index (κ3) is 4.50. The molecule has 1 atom stereocenters. The standard InChI is InChI=1S/C17H21N5O4/c1-10(14-20-17(25)22-21-14)18-16(24)19-12-8-6-11(7-9-12)15(23)26-13-4-2-3-5-13/h6-10,13H,2-5H2,1H3,(H2,18,19,24)(H2,20,21,22,25). The molecule has 1 fully saturated rings. The van der Waals surface area contributed by atoms with Gasteiger partial charge in [-0.15, -0.1) is 0 Å². The first-order valence-corrected chi connectivity index (χ1v) is 8.54. The normalized spacial score (nSPS) is 15.4. The Hall–Kier alpha value is -3.10. The van der Waals surface area contributed by atoms with E-state index in [1.54, 1.807) is 31.2 Å². The number of benzene rings is 1. The molecule has 0 radical (unpaired) electrons. The van der Waals surface area contributed by atoms with Crippen LogP contribution in [0.5, 0.6) is 0 Å². The minimum Gasteiger partial charge on any atom is -0.459 e. The number of carbonyl (C=O) groups is 2. The predicted molar refractivity (Wildman–Crippen MR) is 93.9 cm³/mol. The first kappa shape index (κ1) is 17.7. The van der Waals surface area contributed by atoms with Gasteiger partial charge in [-0.25, -0.2) is 19.5 Å². The van der Waals surface area contributed by atoms with E-state index in [2.05, 4.69) is 25.8 Å². The molecule has 9 nitrogen and oxygen atoms in total. The molecule has 4 N–H and O–H groups in total. The van der Waals surface area contributed by atoms with Crippen molar-refractivity contribution < 1.29 is 14.3 Å². The number of urea groups is 1. The molecular formula is C17H21N5O4. The summed E-state index contributed by atoms with van der Waals surface area (Å²) in [7, 11) is 0. The third-order valence-corrected chi connectivity index (χ3v) is 4.23. The van der Waals surface area contributed by atoms with Crippen molar-refractivity contribution >= 4 is 17.7 Å². The summed E-state index contributed by atoms with van der Waals surface area (Å²) in [5, 5.41) is 11.3. The van der Waals surface area contributed by atoms with Gasteiger partial charge in [-0.3, -0.25) is 4.98 Å². The Labute approximate surface area is 149 Å². The number of hydrogen-bond acceptors (Lipinski definition) is 5. The second-order valence-electron chi connectivity index (χ2n) is 6.27. The van der Waals surface area contributed by atoms with Gasteiger partial charge in [0.05, 0.1) is 11.6 Å². The van der Waals surface area contributed by atoms with E-state index < -0.39 is 17.8 Å². The summed E-state index contributed by atoms with van der Waals surface area (Å²) in [5.41, 5.74) is 0.544. The second-order valence-corrected chi connectivity index (χ2v) is 6.27. The van der Waals surface area contributed by atoms with E-state index in [0.29, 0.717) is 17.1 Å². The van der Waals surface area contributed by atoms with Crippen molar-refractivity contribution in [2.75, 3.05) is 5.32 Å². The van der Waals surface area contributed by atoms with Crippen LogP contribution < -0.4 is 16.3 Å². The van der Waals surface area contributed by atoms with Gasteiger partial charge in [0.15, 0.2) is 5.82 Å². The average Bonchev–Trinajstić information content (AvgIpc) is 3.27. The number of aromatic amines is 2. The largest absolute Gasteiger partial charge is 0.459 e. The van der Waals surface area contributed by atoms with Crippen molar-refractivity contribution in [3.8, 4) is 0 Å². The fourth-order valence-electron chi connectivity index (χ4n) is 2.84. The quantitative estimate of drug-likeness (QED) is 0.608. The topological polar surface area (TPSA) is 129 Å². The van der Waals surface area contributed by atoms with Gasteiger partial charge in [0.2, 0.25) is 0 Å². The smallest absolute Gasteiger partial charge is 0.340 e. The molecule has 0 saturated heterocycles. The van der Waals surface area contributed by atoms with E-state index in [1.165, 1.54) is 0 Å². The van der Waals surface area contributed by atoms with Gasteiger partial charge >= 0.3 is 17.7 Å². The zero-order valence-corrected chi connectivity index (χ0v) is 14.4. The van der Waals surface area contributed by atoms with Gasteiger partial charge in [-0.05, 0) is 56.9 Å². The summed E-state index contributed by atoms with van der Waals surface area (Å²) in [4.78, 5) is 37.6. The lowest BCUT2D eigenvalue weighted by Gasteiger charge is -2.13. The molecule has 0 aliphatic heterocycles. The summed E-state index contributed by atoms with van der Waals surface area (Å²) in [6.45, 7) is 1.69. The van der Waals surface area contributed by atoms with Crippen LogP contribution in [0.2, 0.25) is 0 Å². The third-order valence-electron chi connectivity index (χ3n) is 4.23. The Morgan fingerprint density at radius 3 is 2.54 bits per heavy atom. The number of ether oxygens (including phenoxy) is 1. The van der Waals surface area contributed by atoms with Crippen LogP contribution in [-0.2, 0) is 4.74 Å². The van der Waals surface area contributed by atoms with E-state index in [1.807, 2.05) is 0 Å². The van der Waals surface area contributed by atoms with Crippen molar-refractivity contribution in [2.45, 2.75) is 44.8 Å². The van der Waals surface area contributed by atoms with Crippen LogP contribution in [0, 0.1) is 0 Å². The molecule has 1 aliphatic carbocycles. The summed E-state index contributed by atoms with van der Waals surface area (Å²) in [6, 6.07) is 5.55. The molecule has 0 spiro atoms. The number of H-pyrrole nitrogens is 2. The number of hydrogen-bond donors (Lipinski definition) is 4. The molecule has 0 bridgehead atoms. The second kappa shape index (κ2) is 7.85. The molecule has 1 aromatic heterocycles. The Kier molecular flexibility index (Phi) is 5.35. The summed E-state index contributed by atoms with van der Waals surface area (Å²) >= 11 is 0. The number of nitrogens with one attached hydrogen (secondary N) is 4. The fourth-order valence-corrected chi connectivity index (χ4v) is 2.84. The Bertz CT molecular complexity index is 820. The summed E-state index contributed by atoms with van der Waals surface area (Å²) in [6.07, 6.45) is 4.05. The van der Waals surface area contributed by atoms with Crippen molar-refractivity contribution in [1.29, 1.82) is 0 Å². The van der Waals surface area contributed by atoms with E-state index in [4.69, 9.17) is 4.74 Å². The number of anilines is 1. The van der Waals surface area contributed by atoms with Crippen LogP contribution in [0.1, 0.15) is 54.8 Å². The lowest BCUT2D eigenvalue weighted by atomic mass is 10.2. The zero-order valence-electron chi connectivity index (χ0n) is 14.4. The van der Waals surface area contributed by atoms with Crippen LogP contribution in [-0.4, -0.2) is 33.3 Å². The SMILES string of the molecule is CC(NC(=O)Nc1ccc(C(=O)OC2CCCC2)cc1)c1n[nH]c(=O)[nH]1. The Morgan fingerprint density at radius 1 is 1.23 bits per heavy atom. The minimum atomic E-state index is -0.477. The lowest BCUT2D eigenvalue weighted by molar-refractivity contribution is 0.0318. The van der Waals surface area contributed by atoms with Gasteiger partial charge < -0.3 is 15.4 Å². The molecule has 1 unspecified atom stereocenters. The zero-order chi connectivity index (χ0) is 18.5. The van der Waals surface area contributed by atoms with Gasteiger partial charge in [0, 0.05) is 5.69 Å². The fraction of sp³-hybridized carbons (Fsp3) is 0.412. The highest BCUT2D eigenvalue weighted by Gasteiger charge is 2.20. The van der Waals surface area contributed by atoms with Gasteiger partial charge in [0.25, 0.3) is 0 Å². The number of esters is 1. The van der Waals surface area contributed by atoms with E-state index in [-0.39, 0.29) is 12.1 Å². The van der Waals surface area contributed by atoms with Crippen molar-refractivity contribution in [3.05, 3.63) is 46.1 Å². The maximum Gasteiger partial charge on any atom is 0.340 e. The molecule has 138 valence electrons. The summed E-state index contributed by atoms with van der Waals surface area (Å²) in [5.74, 6) is -0.0147. The maximum absolute atomic E-state index is 12.1. The Morgan fingerprint density at radius 2 is 1.92 bits per heavy atom. The van der Waals surface area contributed by atoms with Crippen molar-refractivity contribution in [3.63, 3.8) is 0 Å². The number of rotatable bonds is 5. The van der Waals surface area contributed by atoms with E-state index in [9.17, 15) is 14.4 Å². The molecule has 3 rings (SSSR count). The first-order valence-electron chi connectivity index (χ1n) is 8.54. The summed E-state index contributed by atoms with van der Waals surface area (Å²) < 4.78 is 5.44. The Balaban J connectivity index is 1.52. The molecule has 1 heterocycles. The highest BCUT2D eigenvalue weighted by Crippen LogP contribution is 2.22. The van der Waals surface area contributed by atoms with Crippen LogP contribution in [0.15, 0.2) is 29.1 Å². The van der Waals surface area contributed by atoms with Crippen LogP contribution in [0.3, 0.4) is 0 Å². The van der Waals surface area contributed by atoms with Crippen LogP contribution in [0.4, 0.5) is 10.5 Å². The van der Waals surface area contributed by atoms with Crippen LogP contribution in [0.25, 0.3) is 0 Å². The van der Waals surface area contributed by atoms with Gasteiger partial charge in [0.1, 0.15) is 6.10 Å². The first-order chi connectivity index (χ1) is 12.5.